The van der Waals surface area contributed by atoms with Gasteiger partial charge in [-0.25, -0.2) is 0 Å². The number of nitrogens with one attached hydrogen (secondary N) is 1. The van der Waals surface area contributed by atoms with Crippen LogP contribution in [-0.2, 0) is 15.0 Å². The van der Waals surface area contributed by atoms with E-state index in [0.717, 1.165) is 5.56 Å². The standard InChI is InChI=1S/C16H20N2O3/c1-10-9-18-13(15(21)17-8-14(18)20)7-16(10,2)11-4-3-5-12(19)6-11/h3-6,10,13,19H,7-9H2,1-2H3,(H,17,21). The van der Waals surface area contributed by atoms with Crippen LogP contribution in [0.5, 0.6) is 5.75 Å². The number of carbonyl (C=O) groups is 2. The molecule has 2 amide bonds. The van der Waals surface area contributed by atoms with E-state index < -0.39 is 6.04 Å². The molecule has 2 heterocycles. The van der Waals surface area contributed by atoms with E-state index in [1.54, 1.807) is 17.0 Å². The van der Waals surface area contributed by atoms with Crippen LogP contribution >= 0.6 is 0 Å². The van der Waals surface area contributed by atoms with Crippen molar-refractivity contribution in [1.29, 1.82) is 0 Å². The Kier molecular flexibility index (Phi) is 3.15. The molecule has 5 nitrogen and oxygen atoms in total. The molecule has 5 heteroatoms. The van der Waals surface area contributed by atoms with E-state index >= 15 is 0 Å². The number of phenolic OH excluding ortho intramolecular Hbond substituents is 1. The molecule has 2 saturated heterocycles. The lowest BCUT2D eigenvalue weighted by Crippen LogP contribution is -2.65. The Morgan fingerprint density at radius 2 is 2.14 bits per heavy atom. The number of hydrogen-bond donors (Lipinski definition) is 2. The normalized spacial score (nSPS) is 32.6. The first-order valence-electron chi connectivity index (χ1n) is 7.28. The molecule has 0 bridgehead atoms. The number of fused-ring (bicyclic) bond motifs is 1. The molecule has 2 aliphatic heterocycles. The van der Waals surface area contributed by atoms with Gasteiger partial charge in [-0.05, 0) is 35.4 Å². The van der Waals surface area contributed by atoms with E-state index in [9.17, 15) is 14.7 Å². The summed E-state index contributed by atoms with van der Waals surface area (Å²) < 4.78 is 0. The average Bonchev–Trinajstić information content (AvgIpc) is 2.45. The lowest BCUT2D eigenvalue weighted by Gasteiger charge is -2.50. The highest BCUT2D eigenvalue weighted by atomic mass is 16.3. The molecule has 2 N–H and O–H groups in total. The smallest absolute Gasteiger partial charge is 0.243 e. The molecule has 3 rings (SSSR count). The fourth-order valence-electron chi connectivity index (χ4n) is 3.49. The van der Waals surface area contributed by atoms with Crippen LogP contribution in [0.1, 0.15) is 25.8 Å². The number of nitrogens with zero attached hydrogens (tertiary/aromatic N) is 1. The summed E-state index contributed by atoms with van der Waals surface area (Å²) in [6.07, 6.45) is 0.579. The third-order valence-corrected chi connectivity index (χ3v) is 5.09. The highest BCUT2D eigenvalue weighted by Gasteiger charge is 2.48. The van der Waals surface area contributed by atoms with Crippen molar-refractivity contribution in [2.45, 2.75) is 31.7 Å². The van der Waals surface area contributed by atoms with Gasteiger partial charge in [0.15, 0.2) is 0 Å². The zero-order valence-electron chi connectivity index (χ0n) is 12.3. The summed E-state index contributed by atoms with van der Waals surface area (Å²) in [6, 6.07) is 6.79. The van der Waals surface area contributed by atoms with Crippen molar-refractivity contribution in [2.24, 2.45) is 5.92 Å². The van der Waals surface area contributed by atoms with Crippen molar-refractivity contribution in [3.63, 3.8) is 0 Å². The van der Waals surface area contributed by atoms with E-state index in [4.69, 9.17) is 0 Å². The summed E-state index contributed by atoms with van der Waals surface area (Å²) in [7, 11) is 0. The van der Waals surface area contributed by atoms with Crippen LogP contribution in [0.15, 0.2) is 24.3 Å². The number of phenols is 1. The lowest BCUT2D eigenvalue weighted by molar-refractivity contribution is -0.150. The molecular weight excluding hydrogens is 268 g/mol. The Morgan fingerprint density at radius 1 is 1.38 bits per heavy atom. The number of piperidine rings is 1. The zero-order valence-corrected chi connectivity index (χ0v) is 12.3. The molecule has 0 radical (unpaired) electrons. The van der Waals surface area contributed by atoms with E-state index in [2.05, 4.69) is 19.2 Å². The zero-order chi connectivity index (χ0) is 15.2. The van der Waals surface area contributed by atoms with Gasteiger partial charge in [0.1, 0.15) is 11.8 Å². The third-order valence-electron chi connectivity index (χ3n) is 5.09. The minimum Gasteiger partial charge on any atom is -0.508 e. The van der Waals surface area contributed by atoms with E-state index in [0.29, 0.717) is 13.0 Å². The molecule has 3 unspecified atom stereocenters. The number of benzene rings is 1. The van der Waals surface area contributed by atoms with Gasteiger partial charge < -0.3 is 15.3 Å². The fraction of sp³-hybridized carbons (Fsp3) is 0.500. The molecule has 0 aliphatic carbocycles. The first-order valence-corrected chi connectivity index (χ1v) is 7.28. The molecule has 2 fully saturated rings. The maximum atomic E-state index is 12.1. The topological polar surface area (TPSA) is 69.6 Å². The molecule has 21 heavy (non-hydrogen) atoms. The predicted octanol–water partition coefficient (Wildman–Crippen LogP) is 1.02. The fourth-order valence-corrected chi connectivity index (χ4v) is 3.49. The molecule has 1 aromatic carbocycles. The molecule has 0 aromatic heterocycles. The Bertz CT molecular complexity index is 601. The summed E-state index contributed by atoms with van der Waals surface area (Å²) in [4.78, 5) is 25.8. The summed E-state index contributed by atoms with van der Waals surface area (Å²) in [6.45, 7) is 4.88. The van der Waals surface area contributed by atoms with E-state index in [1.165, 1.54) is 0 Å². The molecule has 0 saturated carbocycles. The number of carbonyl (C=O) groups excluding carboxylic acids is 2. The van der Waals surface area contributed by atoms with Gasteiger partial charge in [0.25, 0.3) is 0 Å². The number of amides is 2. The van der Waals surface area contributed by atoms with Crippen molar-refractivity contribution < 1.29 is 14.7 Å². The number of rotatable bonds is 1. The van der Waals surface area contributed by atoms with Crippen LogP contribution in [0, 0.1) is 5.92 Å². The average molecular weight is 288 g/mol. The highest BCUT2D eigenvalue weighted by Crippen LogP contribution is 2.43. The molecule has 0 spiro atoms. The second kappa shape index (κ2) is 4.76. The molecule has 1 aromatic rings. The third kappa shape index (κ3) is 2.17. The van der Waals surface area contributed by atoms with Gasteiger partial charge in [-0.15, -0.1) is 0 Å². The van der Waals surface area contributed by atoms with Gasteiger partial charge in [0.2, 0.25) is 11.8 Å². The summed E-state index contributed by atoms with van der Waals surface area (Å²) in [5, 5.41) is 12.4. The van der Waals surface area contributed by atoms with Crippen LogP contribution in [-0.4, -0.2) is 41.0 Å². The number of hydrogen-bond acceptors (Lipinski definition) is 3. The van der Waals surface area contributed by atoms with Crippen molar-refractivity contribution in [3.05, 3.63) is 29.8 Å². The molecule has 2 aliphatic rings. The second-order valence-corrected chi connectivity index (χ2v) is 6.35. The Balaban J connectivity index is 1.97. The van der Waals surface area contributed by atoms with Crippen LogP contribution in [0.4, 0.5) is 0 Å². The predicted molar refractivity (Wildman–Crippen MR) is 77.8 cm³/mol. The highest BCUT2D eigenvalue weighted by molar-refractivity contribution is 5.95. The maximum absolute atomic E-state index is 12.1. The first-order chi connectivity index (χ1) is 9.91. The largest absolute Gasteiger partial charge is 0.508 e. The Hall–Kier alpha value is -2.04. The lowest BCUT2D eigenvalue weighted by atomic mass is 9.65. The monoisotopic (exact) mass is 288 g/mol. The Labute approximate surface area is 123 Å². The number of piperazine rings is 1. The molecular formula is C16H20N2O3. The van der Waals surface area contributed by atoms with Gasteiger partial charge in [-0.1, -0.05) is 26.0 Å². The summed E-state index contributed by atoms with van der Waals surface area (Å²) in [5.41, 5.74) is 0.773. The van der Waals surface area contributed by atoms with Crippen molar-refractivity contribution >= 4 is 11.8 Å². The van der Waals surface area contributed by atoms with E-state index in [1.807, 2.05) is 12.1 Å². The van der Waals surface area contributed by atoms with Gasteiger partial charge in [-0.3, -0.25) is 9.59 Å². The van der Waals surface area contributed by atoms with Crippen molar-refractivity contribution in [3.8, 4) is 5.75 Å². The van der Waals surface area contributed by atoms with Crippen LogP contribution in [0.2, 0.25) is 0 Å². The van der Waals surface area contributed by atoms with Gasteiger partial charge in [0, 0.05) is 6.54 Å². The van der Waals surface area contributed by atoms with Crippen molar-refractivity contribution in [2.75, 3.05) is 13.1 Å². The maximum Gasteiger partial charge on any atom is 0.243 e. The van der Waals surface area contributed by atoms with Crippen LogP contribution in [0.25, 0.3) is 0 Å². The van der Waals surface area contributed by atoms with Crippen LogP contribution < -0.4 is 5.32 Å². The quantitative estimate of drug-likeness (QED) is 0.810. The minimum atomic E-state index is -0.408. The van der Waals surface area contributed by atoms with Gasteiger partial charge >= 0.3 is 0 Å². The molecule has 112 valence electrons. The second-order valence-electron chi connectivity index (χ2n) is 6.35. The van der Waals surface area contributed by atoms with Gasteiger partial charge in [-0.2, -0.15) is 0 Å². The summed E-state index contributed by atoms with van der Waals surface area (Å²) >= 11 is 0. The van der Waals surface area contributed by atoms with Crippen molar-refractivity contribution in [1.82, 2.24) is 10.2 Å². The minimum absolute atomic E-state index is 0.00981. The SMILES string of the molecule is CC1CN2C(=O)CNC(=O)C2CC1(C)c1cccc(O)c1. The Morgan fingerprint density at radius 3 is 2.86 bits per heavy atom. The van der Waals surface area contributed by atoms with E-state index in [-0.39, 0.29) is 35.4 Å². The number of aromatic hydroxyl groups is 1. The van der Waals surface area contributed by atoms with Gasteiger partial charge in [0.05, 0.1) is 6.54 Å². The molecule has 3 atom stereocenters. The first kappa shape index (κ1) is 13.9. The van der Waals surface area contributed by atoms with Crippen LogP contribution in [0.3, 0.4) is 0 Å². The summed E-state index contributed by atoms with van der Waals surface area (Å²) in [5.74, 6) is 0.357.